The van der Waals surface area contributed by atoms with E-state index >= 15 is 0 Å². The number of nitrogens with zero attached hydrogens (tertiary/aromatic N) is 5. The van der Waals surface area contributed by atoms with E-state index in [1.165, 1.54) is 23.1 Å². The summed E-state index contributed by atoms with van der Waals surface area (Å²) in [6.07, 6.45) is 3.60. The van der Waals surface area contributed by atoms with E-state index in [9.17, 15) is 4.79 Å². The van der Waals surface area contributed by atoms with Gasteiger partial charge in [-0.1, -0.05) is 43.3 Å². The number of nitrogens with one attached hydrogen (secondary N) is 1. The van der Waals surface area contributed by atoms with Crippen LogP contribution in [0.15, 0.2) is 51.5 Å². The Morgan fingerprint density at radius 2 is 2.08 bits per heavy atom. The molecule has 0 radical (unpaired) electrons. The van der Waals surface area contributed by atoms with Gasteiger partial charge in [-0.05, 0) is 76.2 Å². The number of hydrogen-bond donors (Lipinski definition) is 1. The summed E-state index contributed by atoms with van der Waals surface area (Å²) in [5.41, 5.74) is 2.36. The van der Waals surface area contributed by atoms with Crippen molar-refractivity contribution in [3.8, 4) is 17.3 Å². The molecule has 4 rings (SSSR count). The minimum absolute atomic E-state index is 0.0945. The lowest BCUT2D eigenvalue weighted by molar-refractivity contribution is 0.0932. The van der Waals surface area contributed by atoms with E-state index < -0.39 is 0 Å². The SMILES string of the molecule is CCN(CC)CCCC(C)NC(=O)c1csc(CSc2nnc(-c3ccco3)n2-c2cc(Cl)ccc2C)n1. The third-order valence-electron chi connectivity index (χ3n) is 6.28. The molecule has 11 heteroatoms. The summed E-state index contributed by atoms with van der Waals surface area (Å²) in [5.74, 6) is 1.62. The second-order valence-electron chi connectivity index (χ2n) is 9.01. The molecule has 1 unspecified atom stereocenters. The van der Waals surface area contributed by atoms with Gasteiger partial charge in [-0.3, -0.25) is 9.36 Å². The van der Waals surface area contributed by atoms with E-state index in [0.717, 1.165) is 48.7 Å². The van der Waals surface area contributed by atoms with Crippen molar-refractivity contribution in [2.45, 2.75) is 57.5 Å². The second-order valence-corrected chi connectivity index (χ2v) is 11.3. The number of halogens is 1. The van der Waals surface area contributed by atoms with Crippen LogP contribution in [0.1, 0.15) is 54.7 Å². The number of amides is 1. The zero-order valence-corrected chi connectivity index (χ0v) is 24.5. The Kier molecular flexibility index (Phi) is 10.0. The van der Waals surface area contributed by atoms with Crippen molar-refractivity contribution in [3.05, 3.63) is 63.3 Å². The average molecular weight is 573 g/mol. The molecule has 0 saturated heterocycles. The van der Waals surface area contributed by atoms with Crippen molar-refractivity contribution in [1.82, 2.24) is 30.0 Å². The predicted molar refractivity (Wildman–Crippen MR) is 154 cm³/mol. The number of thiazole rings is 1. The summed E-state index contributed by atoms with van der Waals surface area (Å²) in [4.78, 5) is 19.7. The van der Waals surface area contributed by atoms with Crippen LogP contribution in [0.25, 0.3) is 17.3 Å². The van der Waals surface area contributed by atoms with E-state index in [2.05, 4.69) is 39.2 Å². The number of rotatable bonds is 13. The maximum absolute atomic E-state index is 12.8. The molecule has 3 heterocycles. The van der Waals surface area contributed by atoms with Crippen LogP contribution in [0.5, 0.6) is 0 Å². The number of aryl methyl sites for hydroxylation is 1. The highest BCUT2D eigenvalue weighted by molar-refractivity contribution is 7.98. The quantitative estimate of drug-likeness (QED) is 0.183. The van der Waals surface area contributed by atoms with Crippen molar-refractivity contribution >= 4 is 40.6 Å². The van der Waals surface area contributed by atoms with Crippen LogP contribution in [-0.2, 0) is 5.75 Å². The van der Waals surface area contributed by atoms with Crippen molar-refractivity contribution < 1.29 is 9.21 Å². The number of thioether (sulfide) groups is 1. The summed E-state index contributed by atoms with van der Waals surface area (Å²) in [5, 5.41) is 15.9. The molecule has 1 aromatic carbocycles. The number of carbonyl (C=O) groups excluding carboxylic acids is 1. The molecule has 1 N–H and O–H groups in total. The molecule has 0 aliphatic carbocycles. The lowest BCUT2D eigenvalue weighted by Crippen LogP contribution is -2.33. The van der Waals surface area contributed by atoms with Gasteiger partial charge < -0.3 is 14.6 Å². The van der Waals surface area contributed by atoms with Gasteiger partial charge >= 0.3 is 0 Å². The monoisotopic (exact) mass is 572 g/mol. The van der Waals surface area contributed by atoms with Crippen molar-refractivity contribution in [1.29, 1.82) is 0 Å². The van der Waals surface area contributed by atoms with E-state index in [0.29, 0.717) is 33.2 Å². The second kappa shape index (κ2) is 13.4. The Labute approximate surface area is 236 Å². The molecule has 0 bridgehead atoms. The number of furan rings is 1. The summed E-state index contributed by atoms with van der Waals surface area (Å²) in [6.45, 7) is 11.6. The fraction of sp³-hybridized carbons (Fsp3) is 0.407. The first-order valence-electron chi connectivity index (χ1n) is 12.8. The molecule has 0 fully saturated rings. The third kappa shape index (κ3) is 7.05. The van der Waals surface area contributed by atoms with Gasteiger partial charge in [0.2, 0.25) is 5.82 Å². The molecule has 8 nitrogen and oxygen atoms in total. The van der Waals surface area contributed by atoms with Crippen LogP contribution < -0.4 is 5.32 Å². The zero-order valence-electron chi connectivity index (χ0n) is 22.1. The molecule has 0 aliphatic heterocycles. The summed E-state index contributed by atoms with van der Waals surface area (Å²) < 4.78 is 7.56. The molecule has 0 saturated carbocycles. The van der Waals surface area contributed by atoms with E-state index in [-0.39, 0.29) is 11.9 Å². The predicted octanol–water partition coefficient (Wildman–Crippen LogP) is 6.48. The fourth-order valence-corrected chi connectivity index (χ4v) is 6.01. The van der Waals surface area contributed by atoms with Crippen LogP contribution in [0, 0.1) is 6.92 Å². The fourth-order valence-electron chi connectivity index (χ4n) is 4.11. The first-order valence-corrected chi connectivity index (χ1v) is 15.0. The largest absolute Gasteiger partial charge is 0.461 e. The van der Waals surface area contributed by atoms with Crippen LogP contribution >= 0.6 is 34.7 Å². The third-order valence-corrected chi connectivity index (χ3v) is 8.49. The minimum atomic E-state index is -0.134. The number of hydrogen-bond acceptors (Lipinski definition) is 8. The van der Waals surface area contributed by atoms with Gasteiger partial charge in [-0.25, -0.2) is 4.98 Å². The van der Waals surface area contributed by atoms with Crippen molar-refractivity contribution in [3.63, 3.8) is 0 Å². The van der Waals surface area contributed by atoms with E-state index in [4.69, 9.17) is 16.0 Å². The Balaban J connectivity index is 1.42. The Bertz CT molecular complexity index is 1330. The molecular weight excluding hydrogens is 540 g/mol. The molecule has 0 aliphatic rings. The Hall–Kier alpha value is -2.66. The minimum Gasteiger partial charge on any atom is -0.461 e. The van der Waals surface area contributed by atoms with E-state index in [1.54, 1.807) is 6.26 Å². The number of benzene rings is 1. The molecule has 38 heavy (non-hydrogen) atoms. The highest BCUT2D eigenvalue weighted by atomic mass is 35.5. The van der Waals surface area contributed by atoms with Crippen LogP contribution in [-0.4, -0.2) is 56.2 Å². The lowest BCUT2D eigenvalue weighted by Gasteiger charge is -2.19. The zero-order chi connectivity index (χ0) is 27.1. The van der Waals surface area contributed by atoms with Gasteiger partial charge in [-0.2, -0.15) is 0 Å². The van der Waals surface area contributed by atoms with Gasteiger partial charge in [0, 0.05) is 16.4 Å². The van der Waals surface area contributed by atoms with Gasteiger partial charge in [0.15, 0.2) is 10.9 Å². The molecule has 1 amide bonds. The highest BCUT2D eigenvalue weighted by Crippen LogP contribution is 2.32. The summed E-state index contributed by atoms with van der Waals surface area (Å²) in [7, 11) is 0. The Morgan fingerprint density at radius 3 is 2.82 bits per heavy atom. The molecule has 4 aromatic rings. The molecule has 1 atom stereocenters. The highest BCUT2D eigenvalue weighted by Gasteiger charge is 2.21. The summed E-state index contributed by atoms with van der Waals surface area (Å²) in [6, 6.07) is 9.49. The topological polar surface area (TPSA) is 89.1 Å². The normalized spacial score (nSPS) is 12.3. The van der Waals surface area contributed by atoms with Crippen LogP contribution in [0.4, 0.5) is 0 Å². The maximum atomic E-state index is 12.8. The first kappa shape index (κ1) is 28.4. The van der Waals surface area contributed by atoms with Gasteiger partial charge in [0.1, 0.15) is 10.7 Å². The first-order chi connectivity index (χ1) is 18.4. The van der Waals surface area contributed by atoms with Gasteiger partial charge in [0.05, 0.1) is 17.7 Å². The lowest BCUT2D eigenvalue weighted by atomic mass is 10.1. The van der Waals surface area contributed by atoms with Gasteiger partial charge in [0.25, 0.3) is 5.91 Å². The van der Waals surface area contributed by atoms with Gasteiger partial charge in [-0.15, -0.1) is 21.5 Å². The number of aromatic nitrogens is 4. The van der Waals surface area contributed by atoms with E-state index in [1.807, 2.05) is 54.1 Å². The van der Waals surface area contributed by atoms with Crippen LogP contribution in [0.3, 0.4) is 0 Å². The van der Waals surface area contributed by atoms with Crippen LogP contribution in [0.2, 0.25) is 5.02 Å². The molecular formula is C27H33ClN6O2S2. The average Bonchev–Trinajstić information content (AvgIpc) is 3.67. The molecule has 3 aromatic heterocycles. The number of carbonyl (C=O) groups is 1. The molecule has 0 spiro atoms. The summed E-state index contributed by atoms with van der Waals surface area (Å²) >= 11 is 9.29. The van der Waals surface area contributed by atoms with Crippen molar-refractivity contribution in [2.24, 2.45) is 0 Å². The standard InChI is InChI=1S/C27H33ClN6O2S2/c1-5-33(6-2)13-7-9-19(4)29-26(35)21-16-37-24(30-21)17-38-27-32-31-25(23-10-8-14-36-23)34(27)22-15-20(28)12-11-18(22)3/h8,10-12,14-16,19H,5-7,9,13,17H2,1-4H3,(H,29,35). The van der Waals surface area contributed by atoms with Crippen molar-refractivity contribution in [2.75, 3.05) is 19.6 Å². The Morgan fingerprint density at radius 1 is 1.26 bits per heavy atom. The molecule has 202 valence electrons. The maximum Gasteiger partial charge on any atom is 0.270 e. The smallest absolute Gasteiger partial charge is 0.270 e.